The van der Waals surface area contributed by atoms with Crippen LogP contribution in [0.3, 0.4) is 0 Å². The predicted octanol–water partition coefficient (Wildman–Crippen LogP) is 1.74. The maximum atomic E-state index is 11.1. The van der Waals surface area contributed by atoms with Gasteiger partial charge in [0.25, 0.3) is 0 Å². The van der Waals surface area contributed by atoms with E-state index in [1.807, 2.05) is 12.3 Å². The van der Waals surface area contributed by atoms with E-state index in [9.17, 15) is 4.79 Å². The zero-order valence-electron chi connectivity index (χ0n) is 9.98. The van der Waals surface area contributed by atoms with Gasteiger partial charge in [-0.25, -0.2) is 4.98 Å². The molecular formula is C11H18N4OS. The lowest BCUT2D eigenvalue weighted by atomic mass is 10.1. The molecule has 0 aliphatic carbocycles. The predicted molar refractivity (Wildman–Crippen MR) is 70.4 cm³/mol. The fraction of sp³-hybridized carbons (Fsp3) is 0.545. The van der Waals surface area contributed by atoms with Crippen LogP contribution in [0.2, 0.25) is 0 Å². The van der Waals surface area contributed by atoms with Crippen LogP contribution in [0.4, 0.5) is 5.13 Å². The number of carbonyl (C=O) groups is 1. The molecule has 0 aliphatic heterocycles. The van der Waals surface area contributed by atoms with E-state index < -0.39 is 0 Å². The van der Waals surface area contributed by atoms with Gasteiger partial charge in [-0.3, -0.25) is 4.79 Å². The molecule has 0 radical (unpaired) electrons. The first kappa shape index (κ1) is 13.6. The smallest absolute Gasteiger partial charge is 0.212 e. The van der Waals surface area contributed by atoms with Crippen molar-refractivity contribution in [2.24, 2.45) is 16.5 Å². The van der Waals surface area contributed by atoms with E-state index in [0.29, 0.717) is 23.8 Å². The maximum absolute atomic E-state index is 11.1. The summed E-state index contributed by atoms with van der Waals surface area (Å²) >= 11 is 1.42. The van der Waals surface area contributed by atoms with Crippen molar-refractivity contribution in [3.05, 3.63) is 11.1 Å². The van der Waals surface area contributed by atoms with Crippen LogP contribution >= 0.6 is 11.3 Å². The van der Waals surface area contributed by atoms with Crippen LogP contribution in [0.1, 0.15) is 38.3 Å². The highest BCUT2D eigenvalue weighted by Gasteiger charge is 2.02. The fourth-order valence-corrected chi connectivity index (χ4v) is 2.12. The summed E-state index contributed by atoms with van der Waals surface area (Å²) in [5.41, 5.74) is 11.5. The Morgan fingerprint density at radius 1 is 1.47 bits per heavy atom. The molecule has 4 N–H and O–H groups in total. The first-order valence-corrected chi connectivity index (χ1v) is 6.55. The molecule has 1 aromatic heterocycles. The number of aliphatic imine (C=N–C) groups is 1. The number of nitrogens with two attached hydrogens (primary N) is 2. The summed E-state index contributed by atoms with van der Waals surface area (Å²) in [5, 5.41) is 2.54. The van der Waals surface area contributed by atoms with Crippen molar-refractivity contribution in [3.63, 3.8) is 0 Å². The summed E-state index contributed by atoms with van der Waals surface area (Å²) in [4.78, 5) is 19.2. The summed E-state index contributed by atoms with van der Waals surface area (Å²) in [6.45, 7) is 1.89. The van der Waals surface area contributed by atoms with Crippen molar-refractivity contribution >= 4 is 28.2 Å². The summed E-state index contributed by atoms with van der Waals surface area (Å²) in [6, 6.07) is 0. The van der Waals surface area contributed by atoms with Gasteiger partial charge in [0.1, 0.15) is 5.78 Å². The van der Waals surface area contributed by atoms with Gasteiger partial charge in [0.15, 0.2) is 5.96 Å². The second-order valence-corrected chi connectivity index (χ2v) is 4.59. The number of aryl methyl sites for hydroxylation is 1. The number of guanidine groups is 1. The molecule has 0 fully saturated rings. The maximum Gasteiger partial charge on any atom is 0.212 e. The molecular weight excluding hydrogens is 236 g/mol. The Labute approximate surface area is 105 Å². The van der Waals surface area contributed by atoms with Gasteiger partial charge in [-0.15, -0.1) is 11.3 Å². The van der Waals surface area contributed by atoms with Crippen molar-refractivity contribution in [3.8, 4) is 0 Å². The Hall–Kier alpha value is -1.43. The third kappa shape index (κ3) is 5.44. The highest BCUT2D eigenvalue weighted by atomic mass is 32.1. The zero-order chi connectivity index (χ0) is 12.7. The lowest BCUT2D eigenvalue weighted by molar-refractivity contribution is -0.118. The SMILES string of the molecule is CCC(=O)CCCCc1csc(N=C(N)N)n1. The average Bonchev–Trinajstić information content (AvgIpc) is 2.70. The second kappa shape index (κ2) is 7.01. The third-order valence-electron chi connectivity index (χ3n) is 2.30. The van der Waals surface area contributed by atoms with Crippen LogP contribution < -0.4 is 11.5 Å². The molecule has 0 unspecified atom stereocenters. The lowest BCUT2D eigenvalue weighted by Gasteiger charge is -1.97. The van der Waals surface area contributed by atoms with E-state index in [0.717, 1.165) is 25.0 Å². The van der Waals surface area contributed by atoms with E-state index in [2.05, 4.69) is 9.98 Å². The van der Waals surface area contributed by atoms with E-state index in [1.165, 1.54) is 11.3 Å². The van der Waals surface area contributed by atoms with Crippen LogP contribution in [0.5, 0.6) is 0 Å². The number of unbranched alkanes of at least 4 members (excludes halogenated alkanes) is 1. The van der Waals surface area contributed by atoms with Crippen molar-refractivity contribution in [2.75, 3.05) is 0 Å². The van der Waals surface area contributed by atoms with E-state index in [4.69, 9.17) is 11.5 Å². The summed E-state index contributed by atoms with van der Waals surface area (Å²) in [7, 11) is 0. The molecule has 1 heterocycles. The molecule has 0 atom stereocenters. The van der Waals surface area contributed by atoms with E-state index in [1.54, 1.807) is 0 Å². The molecule has 1 rings (SSSR count). The molecule has 5 nitrogen and oxygen atoms in total. The largest absolute Gasteiger partial charge is 0.370 e. The van der Waals surface area contributed by atoms with Crippen LogP contribution in [-0.4, -0.2) is 16.7 Å². The summed E-state index contributed by atoms with van der Waals surface area (Å²) in [6.07, 6.45) is 4.05. The average molecular weight is 254 g/mol. The monoisotopic (exact) mass is 254 g/mol. The second-order valence-electron chi connectivity index (χ2n) is 3.76. The molecule has 0 aromatic carbocycles. The molecule has 0 saturated carbocycles. The minimum absolute atomic E-state index is 0.0273. The van der Waals surface area contributed by atoms with Crippen LogP contribution in [0.25, 0.3) is 0 Å². The number of rotatable bonds is 7. The van der Waals surface area contributed by atoms with Gasteiger partial charge in [-0.05, 0) is 19.3 Å². The number of Topliss-reactive ketones (excluding diaryl/α,β-unsaturated/α-hetero) is 1. The minimum atomic E-state index is 0.0273. The van der Waals surface area contributed by atoms with Gasteiger partial charge in [0.2, 0.25) is 5.13 Å². The number of hydrogen-bond donors (Lipinski definition) is 2. The van der Waals surface area contributed by atoms with Crippen molar-refractivity contribution < 1.29 is 4.79 Å². The van der Waals surface area contributed by atoms with Crippen LogP contribution in [0, 0.1) is 0 Å². The number of hydrogen-bond acceptors (Lipinski definition) is 4. The molecule has 17 heavy (non-hydrogen) atoms. The molecule has 6 heteroatoms. The van der Waals surface area contributed by atoms with Gasteiger partial charge >= 0.3 is 0 Å². The number of carbonyl (C=O) groups excluding carboxylic acids is 1. The molecule has 0 saturated heterocycles. The summed E-state index contributed by atoms with van der Waals surface area (Å²) in [5.74, 6) is 0.351. The lowest BCUT2D eigenvalue weighted by Crippen LogP contribution is -2.21. The molecule has 1 aromatic rings. The molecule has 0 bridgehead atoms. The van der Waals surface area contributed by atoms with Crippen LogP contribution in [-0.2, 0) is 11.2 Å². The number of thiazole rings is 1. The first-order chi connectivity index (χ1) is 8.11. The first-order valence-electron chi connectivity index (χ1n) is 5.67. The van der Waals surface area contributed by atoms with Gasteiger partial charge in [0, 0.05) is 18.2 Å². The highest BCUT2D eigenvalue weighted by molar-refractivity contribution is 7.13. The quantitative estimate of drug-likeness (QED) is 0.440. The van der Waals surface area contributed by atoms with Gasteiger partial charge < -0.3 is 11.5 Å². The Kier molecular flexibility index (Phi) is 5.62. The standard InChI is InChI=1S/C11H18N4OS/c1-2-9(16)6-4-3-5-8-7-17-11(14-8)15-10(12)13/h7H,2-6H2,1H3,(H4,12,13,14,15). The normalized spacial score (nSPS) is 10.2. The van der Waals surface area contributed by atoms with Crippen molar-refractivity contribution in [1.82, 2.24) is 4.98 Å². The number of nitrogens with zero attached hydrogens (tertiary/aromatic N) is 2. The van der Waals surface area contributed by atoms with Crippen molar-refractivity contribution in [1.29, 1.82) is 0 Å². The van der Waals surface area contributed by atoms with Gasteiger partial charge in [-0.1, -0.05) is 6.92 Å². The van der Waals surface area contributed by atoms with Crippen LogP contribution in [0.15, 0.2) is 10.4 Å². The van der Waals surface area contributed by atoms with Crippen molar-refractivity contribution in [2.45, 2.75) is 39.0 Å². The Bertz CT molecular complexity index is 396. The van der Waals surface area contributed by atoms with Gasteiger partial charge in [0.05, 0.1) is 5.69 Å². The van der Waals surface area contributed by atoms with Gasteiger partial charge in [-0.2, -0.15) is 4.99 Å². The fourth-order valence-electron chi connectivity index (χ4n) is 1.38. The van der Waals surface area contributed by atoms with E-state index in [-0.39, 0.29) is 5.96 Å². The topological polar surface area (TPSA) is 94.4 Å². The molecule has 0 aliphatic rings. The Morgan fingerprint density at radius 3 is 2.88 bits per heavy atom. The third-order valence-corrected chi connectivity index (χ3v) is 3.08. The number of aromatic nitrogens is 1. The Morgan fingerprint density at radius 2 is 2.24 bits per heavy atom. The highest BCUT2D eigenvalue weighted by Crippen LogP contribution is 2.19. The van der Waals surface area contributed by atoms with E-state index >= 15 is 0 Å². The number of ketones is 1. The molecule has 0 amide bonds. The molecule has 94 valence electrons. The summed E-state index contributed by atoms with van der Waals surface area (Å²) < 4.78 is 0. The molecule has 0 spiro atoms. The Balaban J connectivity index is 2.30. The minimum Gasteiger partial charge on any atom is -0.370 e. The zero-order valence-corrected chi connectivity index (χ0v) is 10.8.